The summed E-state index contributed by atoms with van der Waals surface area (Å²) in [6.07, 6.45) is 3.15. The molecule has 0 atom stereocenters. The molecule has 3 rings (SSSR count). The molecule has 1 heterocycles. The molecule has 0 unspecified atom stereocenters. The van der Waals surface area contributed by atoms with E-state index in [1.54, 1.807) is 43.5 Å². The van der Waals surface area contributed by atoms with E-state index in [1.165, 1.54) is 0 Å². The molecule has 0 aliphatic carbocycles. The van der Waals surface area contributed by atoms with E-state index in [0.29, 0.717) is 17.0 Å². The van der Waals surface area contributed by atoms with Crippen molar-refractivity contribution in [3.05, 3.63) is 65.4 Å². The second kappa shape index (κ2) is 7.44. The van der Waals surface area contributed by atoms with Crippen LogP contribution in [0.15, 0.2) is 54.3 Å². The van der Waals surface area contributed by atoms with Gasteiger partial charge in [0.2, 0.25) is 0 Å². The Morgan fingerprint density at radius 3 is 2.19 bits per heavy atom. The van der Waals surface area contributed by atoms with E-state index in [-0.39, 0.29) is 5.57 Å². The molecular formula is C21H21NO4. The maximum absolute atomic E-state index is 12.8. The van der Waals surface area contributed by atoms with Crippen LogP contribution >= 0.6 is 0 Å². The van der Waals surface area contributed by atoms with Gasteiger partial charge in [0.15, 0.2) is 5.76 Å². The van der Waals surface area contributed by atoms with Crippen molar-refractivity contribution in [2.45, 2.75) is 26.2 Å². The van der Waals surface area contributed by atoms with Crippen molar-refractivity contribution in [3.8, 4) is 5.75 Å². The lowest BCUT2D eigenvalue weighted by Crippen LogP contribution is -2.31. The van der Waals surface area contributed by atoms with Crippen LogP contribution in [0.1, 0.15) is 30.9 Å². The number of methoxy groups -OCH3 is 1. The van der Waals surface area contributed by atoms with Gasteiger partial charge in [-0.2, -0.15) is 0 Å². The molecule has 0 saturated carbocycles. The number of hydrogen-bond donors (Lipinski definition) is 1. The van der Waals surface area contributed by atoms with E-state index in [2.05, 4.69) is 6.92 Å². The molecule has 0 bridgehead atoms. The summed E-state index contributed by atoms with van der Waals surface area (Å²) in [5.41, 5.74) is 2.09. The first kappa shape index (κ1) is 17.7. The average Bonchev–Trinajstić information content (AvgIpc) is 2.89. The lowest BCUT2D eigenvalue weighted by Gasteiger charge is -2.15. The molecule has 0 saturated heterocycles. The predicted octanol–water partition coefficient (Wildman–Crippen LogP) is 3.88. The maximum atomic E-state index is 12.8. The van der Waals surface area contributed by atoms with Crippen molar-refractivity contribution in [2.24, 2.45) is 0 Å². The molecule has 2 aromatic rings. The maximum Gasteiger partial charge on any atom is 0.301 e. The minimum Gasteiger partial charge on any atom is -0.502 e. The molecule has 1 N–H and O–H groups in total. The number of hydrogen-bond acceptors (Lipinski definition) is 4. The fourth-order valence-electron chi connectivity index (χ4n) is 2.96. The minimum atomic E-state index is -0.706. The fourth-order valence-corrected chi connectivity index (χ4v) is 2.96. The number of benzene rings is 2. The molecule has 0 radical (unpaired) electrons. The Morgan fingerprint density at radius 1 is 0.962 bits per heavy atom. The molecular weight excluding hydrogens is 330 g/mol. The second-order valence-electron chi connectivity index (χ2n) is 6.17. The van der Waals surface area contributed by atoms with Gasteiger partial charge in [-0.1, -0.05) is 37.6 Å². The van der Waals surface area contributed by atoms with Crippen molar-refractivity contribution in [2.75, 3.05) is 12.0 Å². The number of ether oxygens (including phenoxy) is 1. The topological polar surface area (TPSA) is 66.8 Å². The van der Waals surface area contributed by atoms with Crippen LogP contribution in [0.2, 0.25) is 0 Å². The fraction of sp³-hybridized carbons (Fsp3) is 0.238. The first-order valence-corrected chi connectivity index (χ1v) is 8.62. The Labute approximate surface area is 152 Å². The SMILES string of the molecule is CCCCc1ccc(N2C(=O)C(O)=C(c3ccc(OC)cc3)C2=O)cc1. The number of aliphatic hydroxyl groups is 1. The molecule has 5 heteroatoms. The van der Waals surface area contributed by atoms with E-state index < -0.39 is 17.6 Å². The highest BCUT2D eigenvalue weighted by atomic mass is 16.5. The number of imide groups is 1. The smallest absolute Gasteiger partial charge is 0.301 e. The number of carbonyl (C=O) groups excluding carboxylic acids is 2. The lowest BCUT2D eigenvalue weighted by molar-refractivity contribution is -0.121. The number of rotatable bonds is 6. The van der Waals surface area contributed by atoms with E-state index in [0.717, 1.165) is 29.7 Å². The van der Waals surface area contributed by atoms with Crippen LogP contribution in [0.5, 0.6) is 5.75 Å². The van der Waals surface area contributed by atoms with Gasteiger partial charge in [-0.25, -0.2) is 4.90 Å². The van der Waals surface area contributed by atoms with Crippen LogP contribution in [-0.4, -0.2) is 24.0 Å². The van der Waals surface area contributed by atoms with E-state index in [9.17, 15) is 14.7 Å². The third-order valence-corrected chi connectivity index (χ3v) is 4.45. The molecule has 0 fully saturated rings. The predicted molar refractivity (Wildman–Crippen MR) is 100 cm³/mol. The summed E-state index contributed by atoms with van der Waals surface area (Å²) in [6.45, 7) is 2.13. The lowest BCUT2D eigenvalue weighted by atomic mass is 10.1. The molecule has 0 spiro atoms. The molecule has 2 amide bonds. The molecule has 1 aliphatic rings. The Kier molecular flexibility index (Phi) is 5.07. The van der Waals surface area contributed by atoms with Gasteiger partial charge in [0.25, 0.3) is 5.91 Å². The van der Waals surface area contributed by atoms with Crippen LogP contribution in [-0.2, 0) is 16.0 Å². The van der Waals surface area contributed by atoms with Crippen molar-refractivity contribution >= 4 is 23.1 Å². The van der Waals surface area contributed by atoms with Crippen molar-refractivity contribution < 1.29 is 19.4 Å². The standard InChI is InChI=1S/C21H21NO4/c1-3-4-5-14-6-10-16(11-7-14)22-20(24)18(19(23)21(22)25)15-8-12-17(26-2)13-9-15/h6-13,23H,3-5H2,1-2H3. The monoisotopic (exact) mass is 351 g/mol. The minimum absolute atomic E-state index is 0.00714. The van der Waals surface area contributed by atoms with Gasteiger partial charge in [0, 0.05) is 0 Å². The number of anilines is 1. The second-order valence-corrected chi connectivity index (χ2v) is 6.17. The summed E-state index contributed by atoms with van der Waals surface area (Å²) in [5, 5.41) is 10.2. The van der Waals surface area contributed by atoms with E-state index in [1.807, 2.05) is 12.1 Å². The van der Waals surface area contributed by atoms with Gasteiger partial charge in [0.1, 0.15) is 5.75 Å². The third-order valence-electron chi connectivity index (χ3n) is 4.45. The first-order valence-electron chi connectivity index (χ1n) is 8.62. The summed E-state index contributed by atoms with van der Waals surface area (Å²) in [7, 11) is 1.54. The van der Waals surface area contributed by atoms with Crippen LogP contribution in [0, 0.1) is 0 Å². The van der Waals surface area contributed by atoms with E-state index in [4.69, 9.17) is 4.74 Å². The number of aryl methyl sites for hydroxylation is 1. The molecule has 26 heavy (non-hydrogen) atoms. The quantitative estimate of drug-likeness (QED) is 0.802. The van der Waals surface area contributed by atoms with Gasteiger partial charge in [-0.05, 0) is 48.2 Å². The Balaban J connectivity index is 1.87. The Bertz CT molecular complexity index is 851. The van der Waals surface area contributed by atoms with E-state index >= 15 is 0 Å². The normalized spacial score (nSPS) is 14.3. The van der Waals surface area contributed by atoms with Gasteiger partial charge < -0.3 is 9.84 Å². The van der Waals surface area contributed by atoms with Crippen molar-refractivity contribution in [1.29, 1.82) is 0 Å². The third kappa shape index (κ3) is 3.20. The van der Waals surface area contributed by atoms with Gasteiger partial charge in [-0.3, -0.25) is 9.59 Å². The molecule has 2 aromatic carbocycles. The number of unbranched alkanes of at least 4 members (excludes halogenated alkanes) is 1. The Hall–Kier alpha value is -3.08. The molecule has 134 valence electrons. The van der Waals surface area contributed by atoms with Gasteiger partial charge >= 0.3 is 5.91 Å². The van der Waals surface area contributed by atoms with Crippen molar-refractivity contribution in [3.63, 3.8) is 0 Å². The molecule has 5 nitrogen and oxygen atoms in total. The zero-order valence-corrected chi connectivity index (χ0v) is 14.9. The summed E-state index contributed by atoms with van der Waals surface area (Å²) in [4.78, 5) is 26.3. The Morgan fingerprint density at radius 2 is 1.62 bits per heavy atom. The van der Waals surface area contributed by atoms with Crippen LogP contribution in [0.3, 0.4) is 0 Å². The van der Waals surface area contributed by atoms with Crippen LogP contribution < -0.4 is 9.64 Å². The van der Waals surface area contributed by atoms with Crippen molar-refractivity contribution in [1.82, 2.24) is 0 Å². The average molecular weight is 351 g/mol. The summed E-state index contributed by atoms with van der Waals surface area (Å²) in [6, 6.07) is 14.0. The van der Waals surface area contributed by atoms with Gasteiger partial charge in [-0.15, -0.1) is 0 Å². The summed E-state index contributed by atoms with van der Waals surface area (Å²) >= 11 is 0. The summed E-state index contributed by atoms with van der Waals surface area (Å²) < 4.78 is 5.10. The molecule has 0 aromatic heterocycles. The zero-order chi connectivity index (χ0) is 18.7. The largest absolute Gasteiger partial charge is 0.502 e. The number of nitrogens with zero attached hydrogens (tertiary/aromatic N) is 1. The summed E-state index contributed by atoms with van der Waals surface area (Å²) in [5.74, 6) is -1.14. The van der Waals surface area contributed by atoms with Gasteiger partial charge in [0.05, 0.1) is 18.4 Å². The number of aliphatic hydroxyl groups excluding tert-OH is 1. The highest BCUT2D eigenvalue weighted by molar-refractivity contribution is 6.44. The number of carbonyl (C=O) groups is 2. The highest BCUT2D eigenvalue weighted by Crippen LogP contribution is 2.32. The van der Waals surface area contributed by atoms with Crippen LogP contribution in [0.25, 0.3) is 5.57 Å². The first-order chi connectivity index (χ1) is 12.6. The van der Waals surface area contributed by atoms with Crippen LogP contribution in [0.4, 0.5) is 5.69 Å². The molecule has 1 aliphatic heterocycles. The number of amides is 2. The highest BCUT2D eigenvalue weighted by Gasteiger charge is 2.40. The zero-order valence-electron chi connectivity index (χ0n) is 14.9.